The van der Waals surface area contributed by atoms with Gasteiger partial charge in [0.2, 0.25) is 5.91 Å². The van der Waals surface area contributed by atoms with Crippen LogP contribution in [0, 0.1) is 18.7 Å². The fourth-order valence-electron chi connectivity index (χ4n) is 3.55. The fraction of sp³-hybridized carbons (Fsp3) is 0.417. The topological polar surface area (TPSA) is 92.7 Å². The lowest BCUT2D eigenvalue weighted by Crippen LogP contribution is -2.27. The van der Waals surface area contributed by atoms with Gasteiger partial charge in [0.05, 0.1) is 24.0 Å². The van der Waals surface area contributed by atoms with Gasteiger partial charge in [-0.15, -0.1) is 11.8 Å². The lowest BCUT2D eigenvalue weighted by atomic mass is 10.1. The Labute approximate surface area is 196 Å². The van der Waals surface area contributed by atoms with Crippen LogP contribution in [0.4, 0.5) is 10.1 Å². The van der Waals surface area contributed by atoms with Gasteiger partial charge in [0, 0.05) is 12.1 Å². The average molecular weight is 472 g/mol. The van der Waals surface area contributed by atoms with Crippen molar-refractivity contribution in [2.45, 2.75) is 53.0 Å². The van der Waals surface area contributed by atoms with Gasteiger partial charge in [-0.05, 0) is 55.9 Å². The quantitative estimate of drug-likeness (QED) is 0.415. The number of aromatic nitrogens is 4. The summed E-state index contributed by atoms with van der Waals surface area (Å²) < 4.78 is 15.8. The Balaban J connectivity index is 1.81. The number of pyridine rings is 2. The van der Waals surface area contributed by atoms with E-state index in [0.29, 0.717) is 42.2 Å². The van der Waals surface area contributed by atoms with Crippen molar-refractivity contribution < 1.29 is 9.18 Å². The highest BCUT2D eigenvalue weighted by Gasteiger charge is 2.16. The number of carbonyl (C=O) groups excluding carboxylic acids is 1. The molecular weight excluding hydrogens is 441 g/mol. The van der Waals surface area contributed by atoms with E-state index in [1.165, 1.54) is 10.8 Å². The summed E-state index contributed by atoms with van der Waals surface area (Å²) in [6.07, 6.45) is 7.73. The molecule has 0 fully saturated rings. The summed E-state index contributed by atoms with van der Waals surface area (Å²) in [6, 6.07) is 3.38. The third kappa shape index (κ3) is 6.31. The van der Waals surface area contributed by atoms with Gasteiger partial charge in [-0.2, -0.15) is 0 Å². The molecule has 3 aromatic heterocycles. The maximum Gasteiger partial charge on any atom is 0.274 e. The van der Waals surface area contributed by atoms with Crippen LogP contribution in [-0.2, 0) is 17.8 Å². The number of allylic oxidation sites excluding steroid dienone is 1. The van der Waals surface area contributed by atoms with E-state index in [1.54, 1.807) is 30.8 Å². The summed E-state index contributed by atoms with van der Waals surface area (Å²) in [5.41, 5.74) is 2.13. The Morgan fingerprint density at radius 2 is 2.15 bits per heavy atom. The zero-order chi connectivity index (χ0) is 24.0. The number of carbonyl (C=O) groups is 1. The summed E-state index contributed by atoms with van der Waals surface area (Å²) in [7, 11) is 0. The molecule has 3 rings (SSSR count). The maximum absolute atomic E-state index is 14.3. The van der Waals surface area contributed by atoms with Crippen LogP contribution in [0.15, 0.2) is 34.6 Å². The van der Waals surface area contributed by atoms with Gasteiger partial charge in [0.15, 0.2) is 5.82 Å². The number of nitrogens with one attached hydrogen (secondary N) is 2. The minimum atomic E-state index is -0.502. The summed E-state index contributed by atoms with van der Waals surface area (Å²) in [5.74, 6) is 0.105. The number of H-pyrrole nitrogens is 1. The maximum atomic E-state index is 14.3. The highest BCUT2D eigenvalue weighted by atomic mass is 32.2. The lowest BCUT2D eigenvalue weighted by molar-refractivity contribution is -0.116. The Morgan fingerprint density at radius 3 is 2.88 bits per heavy atom. The first-order valence-electron chi connectivity index (χ1n) is 11.0. The molecule has 176 valence electrons. The lowest BCUT2D eigenvalue weighted by Gasteiger charge is -2.11. The number of aryl methyl sites for hydroxylation is 1. The van der Waals surface area contributed by atoms with E-state index in [0.717, 1.165) is 12.1 Å². The molecule has 2 N–H and O–H groups in total. The first-order chi connectivity index (χ1) is 15.8. The van der Waals surface area contributed by atoms with Gasteiger partial charge in [0.1, 0.15) is 17.0 Å². The van der Waals surface area contributed by atoms with Crippen LogP contribution >= 0.6 is 11.8 Å². The zero-order valence-corrected chi connectivity index (χ0v) is 20.3. The number of anilines is 1. The number of unbranched alkanes of at least 4 members (excludes halogenated alkanes) is 1. The standard InChI is InChI=1S/C24H30FN5O2S/c1-15(2)12-19-23-22(17(25)13-26-19)28-20(29-23)14-30-16(3)9-10-18(24(30)32)27-21(31)8-6-5-7-11-33-4/h7,9-11,13,15H,5-6,8,12,14H2,1-4H3,(H,27,31)(H,28,29)/b11-7+. The highest BCUT2D eigenvalue weighted by molar-refractivity contribution is 8.01. The van der Waals surface area contributed by atoms with Crippen molar-refractivity contribution in [1.82, 2.24) is 19.5 Å². The second-order valence-electron chi connectivity index (χ2n) is 8.39. The molecule has 0 aliphatic rings. The fourth-order valence-corrected chi connectivity index (χ4v) is 3.88. The summed E-state index contributed by atoms with van der Waals surface area (Å²) in [4.78, 5) is 37.1. The van der Waals surface area contributed by atoms with E-state index in [9.17, 15) is 14.0 Å². The van der Waals surface area contributed by atoms with Crippen molar-refractivity contribution in [3.63, 3.8) is 0 Å². The monoisotopic (exact) mass is 471 g/mol. The Bertz CT molecular complexity index is 1220. The van der Waals surface area contributed by atoms with Gasteiger partial charge < -0.3 is 14.9 Å². The van der Waals surface area contributed by atoms with E-state index in [4.69, 9.17) is 0 Å². The number of imidazole rings is 1. The predicted octanol–water partition coefficient (Wildman–Crippen LogP) is 4.80. The Hall–Kier alpha value is -2.94. The van der Waals surface area contributed by atoms with Crippen LogP contribution in [0.25, 0.3) is 11.0 Å². The van der Waals surface area contributed by atoms with Crippen LogP contribution in [0.5, 0.6) is 0 Å². The number of aromatic amines is 1. The largest absolute Gasteiger partial charge is 0.339 e. The number of halogens is 1. The molecule has 7 nitrogen and oxygen atoms in total. The molecule has 0 aliphatic carbocycles. The molecule has 0 bridgehead atoms. The minimum absolute atomic E-state index is 0.128. The van der Waals surface area contributed by atoms with Gasteiger partial charge >= 0.3 is 0 Å². The van der Waals surface area contributed by atoms with Crippen LogP contribution in [0.3, 0.4) is 0 Å². The van der Waals surface area contributed by atoms with E-state index in [1.807, 2.05) is 17.7 Å². The number of nitrogens with zero attached hydrogens (tertiary/aromatic N) is 3. The van der Waals surface area contributed by atoms with Crippen molar-refractivity contribution in [1.29, 1.82) is 0 Å². The van der Waals surface area contributed by atoms with Gasteiger partial charge in [-0.1, -0.05) is 19.9 Å². The molecule has 0 radical (unpaired) electrons. The number of rotatable bonds is 10. The second-order valence-corrected chi connectivity index (χ2v) is 9.13. The number of amides is 1. The molecule has 1 amide bonds. The third-order valence-electron chi connectivity index (χ3n) is 5.18. The second kappa shape index (κ2) is 11.3. The van der Waals surface area contributed by atoms with Crippen LogP contribution in [0.1, 0.15) is 50.3 Å². The molecule has 0 saturated heterocycles. The smallest absolute Gasteiger partial charge is 0.274 e. The Morgan fingerprint density at radius 1 is 1.36 bits per heavy atom. The number of hydrogen-bond acceptors (Lipinski definition) is 5. The molecule has 0 unspecified atom stereocenters. The molecule has 3 heterocycles. The zero-order valence-electron chi connectivity index (χ0n) is 19.4. The van der Waals surface area contributed by atoms with Crippen LogP contribution in [-0.4, -0.2) is 31.7 Å². The van der Waals surface area contributed by atoms with Crippen molar-refractivity contribution in [2.75, 3.05) is 11.6 Å². The SMILES string of the molecule is CS/C=C/CCCC(=O)Nc1ccc(C)n(Cc2nc3c(F)cnc(CC(C)C)c3[nH]2)c1=O. The number of hydrogen-bond donors (Lipinski definition) is 2. The summed E-state index contributed by atoms with van der Waals surface area (Å²) in [5, 5.41) is 4.71. The average Bonchev–Trinajstić information content (AvgIpc) is 3.20. The molecule has 0 aliphatic heterocycles. The van der Waals surface area contributed by atoms with Crippen molar-refractivity contribution in [3.8, 4) is 0 Å². The molecule has 3 aromatic rings. The number of fused-ring (bicyclic) bond motifs is 1. The first kappa shape index (κ1) is 24.7. The van der Waals surface area contributed by atoms with Gasteiger partial charge in [-0.3, -0.25) is 14.6 Å². The molecular formula is C24H30FN5O2S. The molecule has 0 atom stereocenters. The molecule has 0 saturated carbocycles. The summed E-state index contributed by atoms with van der Waals surface area (Å²) >= 11 is 1.62. The van der Waals surface area contributed by atoms with E-state index >= 15 is 0 Å². The van der Waals surface area contributed by atoms with Crippen molar-refractivity contribution >= 4 is 34.4 Å². The minimum Gasteiger partial charge on any atom is -0.339 e. The first-order valence-corrected chi connectivity index (χ1v) is 12.3. The molecule has 9 heteroatoms. The predicted molar refractivity (Wildman–Crippen MR) is 132 cm³/mol. The number of thioether (sulfide) groups is 1. The summed E-state index contributed by atoms with van der Waals surface area (Å²) in [6.45, 7) is 6.07. The van der Waals surface area contributed by atoms with Crippen LogP contribution in [0.2, 0.25) is 0 Å². The van der Waals surface area contributed by atoms with Gasteiger partial charge in [0.25, 0.3) is 5.56 Å². The third-order valence-corrected chi connectivity index (χ3v) is 5.65. The van der Waals surface area contributed by atoms with E-state index in [-0.39, 0.29) is 29.2 Å². The molecule has 33 heavy (non-hydrogen) atoms. The normalized spacial score (nSPS) is 11.7. The van der Waals surface area contributed by atoms with Crippen molar-refractivity contribution in [3.05, 3.63) is 63.2 Å². The molecule has 0 spiro atoms. The molecule has 0 aromatic carbocycles. The Kier molecular flexibility index (Phi) is 8.43. The van der Waals surface area contributed by atoms with Crippen LogP contribution < -0.4 is 10.9 Å². The van der Waals surface area contributed by atoms with Crippen molar-refractivity contribution in [2.24, 2.45) is 5.92 Å². The van der Waals surface area contributed by atoms with Gasteiger partial charge in [-0.25, -0.2) is 9.37 Å². The highest BCUT2D eigenvalue weighted by Crippen LogP contribution is 2.21. The van der Waals surface area contributed by atoms with E-state index < -0.39 is 5.82 Å². The van der Waals surface area contributed by atoms with E-state index in [2.05, 4.69) is 34.1 Å².